The van der Waals surface area contributed by atoms with Crippen molar-refractivity contribution in [3.05, 3.63) is 28.0 Å². The Bertz CT molecular complexity index is 529. The van der Waals surface area contributed by atoms with Gasteiger partial charge in [-0.3, -0.25) is 4.79 Å². The van der Waals surface area contributed by atoms with E-state index in [9.17, 15) is 17.6 Å². The zero-order valence-electron chi connectivity index (χ0n) is 6.80. The Hall–Kier alpha value is -0.170. The second-order valence-corrected chi connectivity index (χ2v) is 6.15. The molecule has 0 aromatic heterocycles. The van der Waals surface area contributed by atoms with Gasteiger partial charge in [-0.15, -0.1) is 0 Å². The van der Waals surface area contributed by atoms with Crippen LogP contribution in [0.3, 0.4) is 0 Å². The standard InChI is InChI=1S/C7H2BrCl2FO3S/c8-6-4(7(9)12)1-3(11)2-5(6)15(10,13)14/h1-2H. The fourth-order valence-corrected chi connectivity index (χ4v) is 3.42. The first kappa shape index (κ1) is 12.9. The van der Waals surface area contributed by atoms with Crippen LogP contribution in [-0.4, -0.2) is 13.7 Å². The van der Waals surface area contributed by atoms with Crippen LogP contribution in [0.25, 0.3) is 0 Å². The first-order valence-electron chi connectivity index (χ1n) is 3.37. The van der Waals surface area contributed by atoms with E-state index in [2.05, 4.69) is 15.9 Å². The minimum Gasteiger partial charge on any atom is -0.276 e. The second kappa shape index (κ2) is 4.37. The topological polar surface area (TPSA) is 51.2 Å². The summed E-state index contributed by atoms with van der Waals surface area (Å²) in [5.74, 6) is -0.915. The van der Waals surface area contributed by atoms with Crippen LogP contribution < -0.4 is 0 Å². The smallest absolute Gasteiger partial charge is 0.262 e. The van der Waals surface area contributed by atoms with E-state index in [0.717, 1.165) is 6.07 Å². The van der Waals surface area contributed by atoms with Crippen molar-refractivity contribution in [1.82, 2.24) is 0 Å². The highest BCUT2D eigenvalue weighted by molar-refractivity contribution is 9.10. The summed E-state index contributed by atoms with van der Waals surface area (Å²) in [5, 5.41) is -0.983. The van der Waals surface area contributed by atoms with Gasteiger partial charge >= 0.3 is 0 Å². The van der Waals surface area contributed by atoms with Crippen LogP contribution in [0.5, 0.6) is 0 Å². The van der Waals surface area contributed by atoms with Gasteiger partial charge in [0.15, 0.2) is 0 Å². The Morgan fingerprint density at radius 1 is 1.40 bits per heavy atom. The summed E-state index contributed by atoms with van der Waals surface area (Å²) in [6.07, 6.45) is 0. The number of hydrogen-bond acceptors (Lipinski definition) is 3. The van der Waals surface area contributed by atoms with E-state index in [1.165, 1.54) is 0 Å². The summed E-state index contributed by atoms with van der Waals surface area (Å²) in [6.45, 7) is 0. The summed E-state index contributed by atoms with van der Waals surface area (Å²) in [7, 11) is 0.896. The molecule has 15 heavy (non-hydrogen) atoms. The number of benzene rings is 1. The number of carbonyl (C=O) groups is 1. The molecule has 0 radical (unpaired) electrons. The van der Waals surface area contributed by atoms with E-state index in [-0.39, 0.29) is 10.0 Å². The molecule has 0 atom stereocenters. The number of rotatable bonds is 2. The van der Waals surface area contributed by atoms with E-state index in [0.29, 0.717) is 6.07 Å². The third-order valence-corrected chi connectivity index (χ3v) is 4.14. The van der Waals surface area contributed by atoms with Gasteiger partial charge in [-0.05, 0) is 39.7 Å². The van der Waals surface area contributed by atoms with E-state index in [1.807, 2.05) is 0 Å². The van der Waals surface area contributed by atoms with Gasteiger partial charge in [0.05, 0.1) is 5.56 Å². The molecule has 0 spiro atoms. The predicted octanol–water partition coefficient (Wildman–Crippen LogP) is 2.89. The maximum Gasteiger partial charge on any atom is 0.262 e. The monoisotopic (exact) mass is 334 g/mol. The summed E-state index contributed by atoms with van der Waals surface area (Å²) in [6, 6.07) is 1.50. The molecule has 0 amide bonds. The first-order valence-corrected chi connectivity index (χ1v) is 6.85. The molecule has 0 aliphatic heterocycles. The largest absolute Gasteiger partial charge is 0.276 e. The highest BCUT2D eigenvalue weighted by Crippen LogP contribution is 2.30. The average Bonchev–Trinajstić information content (AvgIpc) is 2.06. The lowest BCUT2D eigenvalue weighted by Gasteiger charge is -2.04. The summed E-state index contributed by atoms with van der Waals surface area (Å²) in [5.41, 5.74) is -0.295. The van der Waals surface area contributed by atoms with E-state index < -0.39 is 25.0 Å². The van der Waals surface area contributed by atoms with Crippen molar-refractivity contribution < 1.29 is 17.6 Å². The van der Waals surface area contributed by atoms with Crippen LogP contribution in [0.1, 0.15) is 10.4 Å². The zero-order chi connectivity index (χ0) is 11.8. The van der Waals surface area contributed by atoms with Crippen LogP contribution in [-0.2, 0) is 9.05 Å². The van der Waals surface area contributed by atoms with Crippen LogP contribution in [0.4, 0.5) is 4.39 Å². The normalized spacial score (nSPS) is 11.5. The average molecular weight is 336 g/mol. The minimum absolute atomic E-state index is 0.154. The van der Waals surface area contributed by atoms with Crippen LogP contribution >= 0.6 is 38.2 Å². The molecular formula is C7H2BrCl2FO3S. The van der Waals surface area contributed by atoms with Gasteiger partial charge in [-0.1, -0.05) is 0 Å². The third-order valence-electron chi connectivity index (χ3n) is 1.48. The summed E-state index contributed by atoms with van der Waals surface area (Å²) < 4.78 is 34.8. The molecule has 0 saturated heterocycles. The van der Waals surface area contributed by atoms with Crippen LogP contribution in [0.2, 0.25) is 0 Å². The maximum atomic E-state index is 12.9. The lowest BCUT2D eigenvalue weighted by atomic mass is 10.2. The van der Waals surface area contributed by atoms with Gasteiger partial charge in [0.2, 0.25) is 0 Å². The molecule has 1 rings (SSSR count). The fraction of sp³-hybridized carbons (Fsp3) is 0. The van der Waals surface area contributed by atoms with Crippen molar-refractivity contribution in [1.29, 1.82) is 0 Å². The number of halogens is 4. The fourth-order valence-electron chi connectivity index (χ4n) is 0.885. The van der Waals surface area contributed by atoms with Gasteiger partial charge in [0.25, 0.3) is 14.3 Å². The summed E-state index contributed by atoms with van der Waals surface area (Å²) in [4.78, 5) is 10.3. The molecule has 0 heterocycles. The van der Waals surface area contributed by atoms with Gasteiger partial charge in [0, 0.05) is 15.2 Å². The molecule has 0 fully saturated rings. The Balaban J connectivity index is 3.63. The van der Waals surface area contributed by atoms with E-state index >= 15 is 0 Å². The van der Waals surface area contributed by atoms with Gasteiger partial charge < -0.3 is 0 Å². The van der Waals surface area contributed by atoms with Crippen LogP contribution in [0, 0.1) is 5.82 Å². The molecule has 0 saturated carbocycles. The van der Waals surface area contributed by atoms with Crippen molar-refractivity contribution in [2.24, 2.45) is 0 Å². The molecule has 0 bridgehead atoms. The lowest BCUT2D eigenvalue weighted by molar-refractivity contribution is 0.108. The zero-order valence-corrected chi connectivity index (χ0v) is 10.7. The molecule has 0 aliphatic rings. The Kier molecular flexibility index (Phi) is 3.76. The molecule has 0 unspecified atom stereocenters. The lowest BCUT2D eigenvalue weighted by Crippen LogP contribution is -2.00. The second-order valence-electron chi connectivity index (χ2n) is 2.48. The van der Waals surface area contributed by atoms with Crippen molar-refractivity contribution in [3.8, 4) is 0 Å². The number of hydrogen-bond donors (Lipinski definition) is 0. The van der Waals surface area contributed by atoms with Crippen LogP contribution in [0.15, 0.2) is 21.5 Å². The van der Waals surface area contributed by atoms with E-state index in [4.69, 9.17) is 22.3 Å². The van der Waals surface area contributed by atoms with E-state index in [1.54, 1.807) is 0 Å². The predicted molar refractivity (Wildman–Crippen MR) is 57.3 cm³/mol. The molecule has 8 heteroatoms. The molecule has 3 nitrogen and oxygen atoms in total. The number of carbonyl (C=O) groups excluding carboxylic acids is 1. The van der Waals surface area contributed by atoms with Crippen molar-refractivity contribution in [2.75, 3.05) is 0 Å². The maximum absolute atomic E-state index is 12.9. The first-order chi connectivity index (χ1) is 6.73. The third kappa shape index (κ3) is 2.90. The van der Waals surface area contributed by atoms with Gasteiger partial charge in [0.1, 0.15) is 10.7 Å². The highest BCUT2D eigenvalue weighted by atomic mass is 79.9. The van der Waals surface area contributed by atoms with Crippen molar-refractivity contribution in [3.63, 3.8) is 0 Å². The van der Waals surface area contributed by atoms with Gasteiger partial charge in [-0.2, -0.15) is 0 Å². The highest BCUT2D eigenvalue weighted by Gasteiger charge is 2.21. The molecular weight excluding hydrogens is 334 g/mol. The molecule has 1 aromatic carbocycles. The van der Waals surface area contributed by atoms with Gasteiger partial charge in [-0.25, -0.2) is 12.8 Å². The van der Waals surface area contributed by atoms with Crippen molar-refractivity contribution >= 4 is 52.5 Å². The Morgan fingerprint density at radius 2 is 1.93 bits per heavy atom. The molecule has 0 aliphatic carbocycles. The Morgan fingerprint density at radius 3 is 2.33 bits per heavy atom. The quantitative estimate of drug-likeness (QED) is 0.781. The molecule has 0 N–H and O–H groups in total. The minimum atomic E-state index is -4.14. The molecule has 82 valence electrons. The SMILES string of the molecule is O=C(Cl)c1cc(F)cc(S(=O)(=O)Cl)c1Br. The Labute approximate surface area is 103 Å². The summed E-state index contributed by atoms with van der Waals surface area (Å²) >= 11 is 7.95. The molecule has 1 aromatic rings. The van der Waals surface area contributed by atoms with Crippen molar-refractivity contribution in [2.45, 2.75) is 4.90 Å².